The highest BCUT2D eigenvalue weighted by Gasteiger charge is 2.32. The second-order valence-corrected chi connectivity index (χ2v) is 7.91. The molecule has 1 rings (SSSR count). The molecule has 11 heteroatoms. The number of aliphatic hydroxyl groups excluding tert-OH is 2. The number of carbonyl (C=O) groups is 1. The third-order valence-corrected chi connectivity index (χ3v) is 4.71. The van der Waals surface area contributed by atoms with E-state index >= 15 is 0 Å². The molecule has 140 valence electrons. The molecule has 1 atom stereocenters. The molecule has 0 radical (unpaired) electrons. The molecule has 0 bridgehead atoms. The molecule has 25 heavy (non-hydrogen) atoms. The third kappa shape index (κ3) is 6.29. The molecule has 0 heterocycles. The van der Waals surface area contributed by atoms with E-state index in [1.165, 1.54) is 26.0 Å². The van der Waals surface area contributed by atoms with Crippen molar-refractivity contribution in [3.8, 4) is 0 Å². The van der Waals surface area contributed by atoms with Crippen LogP contribution in [0.2, 0.25) is 0 Å². The lowest BCUT2D eigenvalue weighted by Crippen LogP contribution is -2.46. The van der Waals surface area contributed by atoms with Gasteiger partial charge in [0.05, 0.1) is 17.3 Å². The maximum Gasteiger partial charge on any atom is 0.269 e. The lowest BCUT2D eigenvalue weighted by Gasteiger charge is -2.27. The molecule has 1 aromatic rings. The van der Waals surface area contributed by atoms with Gasteiger partial charge in [0.1, 0.15) is 6.10 Å². The predicted molar refractivity (Wildman–Crippen MR) is 90.4 cm³/mol. The Bertz CT molecular complexity index is 716. The van der Waals surface area contributed by atoms with Crippen LogP contribution in [0.4, 0.5) is 11.4 Å². The average molecular weight is 375 g/mol. The summed E-state index contributed by atoms with van der Waals surface area (Å²) in [7, 11) is -3.80. The number of benzene rings is 1. The normalized spacial score (nSPS) is 13.1. The van der Waals surface area contributed by atoms with E-state index in [-0.39, 0.29) is 17.9 Å². The molecule has 0 aliphatic carbocycles. The number of amides is 1. The largest absolute Gasteiger partial charge is 0.396 e. The number of nitrogens with zero attached hydrogens (tertiary/aromatic N) is 1. The summed E-state index contributed by atoms with van der Waals surface area (Å²) in [6, 6.07) is 4.82. The highest BCUT2D eigenvalue weighted by molar-refractivity contribution is 7.92. The van der Waals surface area contributed by atoms with Crippen LogP contribution in [0.1, 0.15) is 13.8 Å². The topological polar surface area (TPSA) is 159 Å². The number of hydrogen-bond acceptors (Lipinski definition) is 7. The molecule has 0 unspecified atom stereocenters. The van der Waals surface area contributed by atoms with Crippen LogP contribution in [-0.4, -0.2) is 54.5 Å². The lowest BCUT2D eigenvalue weighted by atomic mass is 9.87. The van der Waals surface area contributed by atoms with E-state index in [9.17, 15) is 28.4 Å². The summed E-state index contributed by atoms with van der Waals surface area (Å²) >= 11 is 0. The fourth-order valence-corrected chi connectivity index (χ4v) is 2.70. The van der Waals surface area contributed by atoms with Gasteiger partial charge in [-0.25, -0.2) is 8.42 Å². The number of rotatable bonds is 9. The van der Waals surface area contributed by atoms with E-state index in [0.29, 0.717) is 0 Å². The van der Waals surface area contributed by atoms with E-state index in [0.717, 1.165) is 12.1 Å². The van der Waals surface area contributed by atoms with E-state index in [2.05, 4.69) is 10.0 Å². The molecule has 0 saturated heterocycles. The van der Waals surface area contributed by atoms with Gasteiger partial charge in [0, 0.05) is 29.8 Å². The smallest absolute Gasteiger partial charge is 0.269 e. The van der Waals surface area contributed by atoms with Gasteiger partial charge in [-0.3, -0.25) is 19.6 Å². The Balaban J connectivity index is 2.56. The Morgan fingerprint density at radius 3 is 2.36 bits per heavy atom. The number of nitro groups is 1. The molecule has 10 nitrogen and oxygen atoms in total. The monoisotopic (exact) mass is 375 g/mol. The van der Waals surface area contributed by atoms with Gasteiger partial charge in [-0.15, -0.1) is 0 Å². The molecular weight excluding hydrogens is 354 g/mol. The molecule has 0 aliphatic rings. The van der Waals surface area contributed by atoms with E-state index in [1.807, 2.05) is 0 Å². The first-order valence-corrected chi connectivity index (χ1v) is 8.95. The van der Waals surface area contributed by atoms with E-state index < -0.39 is 44.7 Å². The van der Waals surface area contributed by atoms with Gasteiger partial charge < -0.3 is 15.5 Å². The second kappa shape index (κ2) is 8.23. The molecule has 0 fully saturated rings. The quantitative estimate of drug-likeness (QED) is 0.344. The van der Waals surface area contributed by atoms with Crippen molar-refractivity contribution < 1.29 is 28.3 Å². The van der Waals surface area contributed by atoms with Crippen LogP contribution >= 0.6 is 0 Å². The molecule has 0 aromatic heterocycles. The standard InChI is InChI=1S/C14H21N3O7S/c1-14(2,9-18)12(19)13(20)15-7-8-25(23,24)16-10-3-5-11(6-4-10)17(21)22/h3-6,12,16,18-19H,7-9H2,1-2H3,(H,15,20)/t12-/m0/s1. The van der Waals surface area contributed by atoms with Crippen molar-refractivity contribution in [3.05, 3.63) is 34.4 Å². The SMILES string of the molecule is CC(C)(CO)[C@@H](O)C(=O)NCCS(=O)(=O)Nc1ccc([N+](=O)[O-])cc1. The van der Waals surface area contributed by atoms with Crippen LogP contribution in [0.5, 0.6) is 0 Å². The molecule has 0 spiro atoms. The fraction of sp³-hybridized carbons (Fsp3) is 0.500. The van der Waals surface area contributed by atoms with Crippen molar-refractivity contribution in [1.82, 2.24) is 5.32 Å². The molecule has 1 aromatic carbocycles. The highest BCUT2D eigenvalue weighted by Crippen LogP contribution is 2.19. The number of carbonyl (C=O) groups excluding carboxylic acids is 1. The number of sulfonamides is 1. The highest BCUT2D eigenvalue weighted by atomic mass is 32.2. The lowest BCUT2D eigenvalue weighted by molar-refractivity contribution is -0.384. The van der Waals surface area contributed by atoms with Crippen molar-refractivity contribution in [2.24, 2.45) is 5.41 Å². The maximum atomic E-state index is 11.9. The van der Waals surface area contributed by atoms with Gasteiger partial charge in [0.25, 0.3) is 5.69 Å². The Hall–Kier alpha value is -2.24. The van der Waals surface area contributed by atoms with Gasteiger partial charge in [-0.1, -0.05) is 13.8 Å². The summed E-state index contributed by atoms with van der Waals surface area (Å²) in [5, 5.41) is 31.7. The van der Waals surface area contributed by atoms with Crippen molar-refractivity contribution >= 4 is 27.3 Å². The predicted octanol–water partition coefficient (Wildman–Crippen LogP) is -0.168. The first-order valence-electron chi connectivity index (χ1n) is 7.30. The summed E-state index contributed by atoms with van der Waals surface area (Å²) in [6.07, 6.45) is -1.48. The summed E-state index contributed by atoms with van der Waals surface area (Å²) in [4.78, 5) is 21.7. The van der Waals surface area contributed by atoms with Crippen molar-refractivity contribution in [2.75, 3.05) is 23.6 Å². The number of nitrogens with one attached hydrogen (secondary N) is 2. The number of hydrogen-bond donors (Lipinski definition) is 4. The number of nitro benzene ring substituents is 1. The van der Waals surface area contributed by atoms with Crippen molar-refractivity contribution in [3.63, 3.8) is 0 Å². The van der Waals surface area contributed by atoms with Crippen molar-refractivity contribution in [2.45, 2.75) is 20.0 Å². The third-order valence-electron chi connectivity index (χ3n) is 3.42. The van der Waals surface area contributed by atoms with Gasteiger partial charge in [0.2, 0.25) is 15.9 Å². The molecule has 4 N–H and O–H groups in total. The van der Waals surface area contributed by atoms with E-state index in [1.54, 1.807) is 0 Å². The van der Waals surface area contributed by atoms with Gasteiger partial charge >= 0.3 is 0 Å². The Morgan fingerprint density at radius 2 is 1.88 bits per heavy atom. The van der Waals surface area contributed by atoms with Gasteiger partial charge in [-0.05, 0) is 12.1 Å². The Morgan fingerprint density at radius 1 is 1.32 bits per heavy atom. The molecule has 1 amide bonds. The minimum atomic E-state index is -3.80. The molecule has 0 aliphatic heterocycles. The van der Waals surface area contributed by atoms with Crippen LogP contribution in [0, 0.1) is 15.5 Å². The fourth-order valence-electron chi connectivity index (χ4n) is 1.73. The van der Waals surface area contributed by atoms with Crippen LogP contribution in [0.25, 0.3) is 0 Å². The van der Waals surface area contributed by atoms with Gasteiger partial charge in [0.15, 0.2) is 0 Å². The molecule has 0 saturated carbocycles. The minimum Gasteiger partial charge on any atom is -0.396 e. The number of anilines is 1. The molecular formula is C14H21N3O7S. The van der Waals surface area contributed by atoms with Gasteiger partial charge in [-0.2, -0.15) is 0 Å². The maximum absolute atomic E-state index is 11.9. The van der Waals surface area contributed by atoms with Crippen LogP contribution < -0.4 is 10.0 Å². The van der Waals surface area contributed by atoms with E-state index in [4.69, 9.17) is 5.11 Å². The Kier molecular flexibility index (Phi) is 6.85. The van der Waals surface area contributed by atoms with Crippen LogP contribution in [0.3, 0.4) is 0 Å². The summed E-state index contributed by atoms with van der Waals surface area (Å²) in [6.45, 7) is 2.32. The van der Waals surface area contributed by atoms with Crippen LogP contribution in [0.15, 0.2) is 24.3 Å². The first kappa shape index (κ1) is 20.8. The number of non-ortho nitro benzene ring substituents is 1. The summed E-state index contributed by atoms with van der Waals surface area (Å²) in [5.74, 6) is -1.24. The minimum absolute atomic E-state index is 0.151. The number of aliphatic hydroxyl groups is 2. The zero-order chi connectivity index (χ0) is 19.3. The summed E-state index contributed by atoms with van der Waals surface area (Å²) < 4.78 is 26.1. The first-order chi connectivity index (χ1) is 11.5. The second-order valence-electron chi connectivity index (χ2n) is 6.07. The average Bonchev–Trinajstić information content (AvgIpc) is 2.53. The van der Waals surface area contributed by atoms with Crippen LogP contribution in [-0.2, 0) is 14.8 Å². The zero-order valence-corrected chi connectivity index (χ0v) is 14.6. The Labute approximate surface area is 145 Å². The summed E-state index contributed by atoms with van der Waals surface area (Å²) in [5.41, 5.74) is -1.07. The van der Waals surface area contributed by atoms with Crippen molar-refractivity contribution in [1.29, 1.82) is 0 Å². The zero-order valence-electron chi connectivity index (χ0n) is 13.8.